The number of ketones is 1. The molecule has 2 saturated heterocycles. The number of aliphatic carboxylic acids is 1. The number of aliphatic hydroxyl groups excluding tert-OH is 2. The second-order valence-corrected chi connectivity index (χ2v) is 32.8. The topological polar surface area (TPSA) is 648 Å². The van der Waals surface area contributed by atoms with Crippen molar-refractivity contribution in [2.24, 2.45) is 22.9 Å². The predicted octanol–water partition coefficient (Wildman–Crippen LogP) is -4.33. The van der Waals surface area contributed by atoms with Gasteiger partial charge in [0.1, 0.15) is 78.3 Å². The van der Waals surface area contributed by atoms with Crippen molar-refractivity contribution in [2.75, 3.05) is 65.4 Å². The highest BCUT2D eigenvalue weighted by Crippen LogP contribution is 2.27. The zero-order valence-electron chi connectivity index (χ0n) is 72.2. The quantitative estimate of drug-likeness (QED) is 0.0175. The van der Waals surface area contributed by atoms with Gasteiger partial charge in [0.15, 0.2) is 5.78 Å². The van der Waals surface area contributed by atoms with Crippen molar-refractivity contribution in [1.29, 1.82) is 0 Å². The number of aromatic hydroxyl groups is 1. The van der Waals surface area contributed by atoms with Gasteiger partial charge in [-0.05, 0) is 93.8 Å². The summed E-state index contributed by atoms with van der Waals surface area (Å²) in [6.07, 6.45) is 2.13. The molecular formula is C84H118N20O22S. The Balaban J connectivity index is 1.00. The smallest absolute Gasteiger partial charge is 0.305 e. The number of phenols is 1. The number of likely N-dealkylation sites (N-methyl/N-ethyl adjacent to an activating group) is 3. The van der Waals surface area contributed by atoms with Crippen molar-refractivity contribution < 1.29 is 107 Å². The number of likely N-dealkylation sites (tertiary alicyclic amines) is 2. The average Bonchev–Trinajstić information content (AvgIpc) is 1.77. The van der Waals surface area contributed by atoms with E-state index < -0.39 is 241 Å². The number of carboxylic acids is 1. The van der Waals surface area contributed by atoms with E-state index in [1.165, 1.54) is 76.0 Å². The predicted molar refractivity (Wildman–Crippen MR) is 463 cm³/mol. The number of carboxylic acid groups (broad SMARTS) is 1. The molecule has 42 nitrogen and oxygen atoms in total. The molecule has 0 saturated carbocycles. The normalized spacial score (nSPS) is 17.1. The number of β-amino-alcohol motifs (C(OH)–C–C–N with tert-alkyl or cyclic N) is 1. The van der Waals surface area contributed by atoms with Crippen LogP contribution in [-0.2, 0) is 106 Å². The molecule has 2 aliphatic rings. The molecule has 0 aliphatic carbocycles. The number of rotatable bonds is 49. The van der Waals surface area contributed by atoms with Crippen molar-refractivity contribution in [3.8, 4) is 5.75 Å². The summed E-state index contributed by atoms with van der Waals surface area (Å²) in [5, 5.41) is 64.6. The molecule has 0 spiro atoms. The number of aliphatic hydroxyl groups is 2. The number of nitrogens with one attached hydrogen (secondary N) is 11. The van der Waals surface area contributed by atoms with Crippen molar-refractivity contribution in [3.63, 3.8) is 0 Å². The molecule has 692 valence electrons. The fraction of sp³-hybridized carbons (Fsp3) is 0.524. The molecule has 7 rings (SSSR count). The highest BCUT2D eigenvalue weighted by Gasteiger charge is 2.45. The van der Waals surface area contributed by atoms with Gasteiger partial charge in [-0.1, -0.05) is 88.1 Å². The number of aromatic nitrogens is 2. The third kappa shape index (κ3) is 28.4. The van der Waals surface area contributed by atoms with E-state index in [0.717, 1.165) is 42.9 Å². The van der Waals surface area contributed by atoms with Crippen LogP contribution in [-0.4, -0.2) is 317 Å². The Kier molecular flexibility index (Phi) is 38.5. The van der Waals surface area contributed by atoms with Crippen LogP contribution < -0.4 is 70.8 Å². The number of H-pyrrole nitrogens is 2. The van der Waals surface area contributed by atoms with E-state index in [0.29, 0.717) is 47.7 Å². The lowest BCUT2D eigenvalue weighted by Crippen LogP contribution is -2.61. The first kappa shape index (κ1) is 101. The molecule has 5 aromatic rings. The lowest BCUT2D eigenvalue weighted by Gasteiger charge is -2.36. The maximum atomic E-state index is 15.2. The summed E-state index contributed by atoms with van der Waals surface area (Å²) in [5.74, 6) is -18.0. The molecule has 3 aromatic carbocycles. The molecule has 2 fully saturated rings. The van der Waals surface area contributed by atoms with Gasteiger partial charge in [0.25, 0.3) is 0 Å². The van der Waals surface area contributed by atoms with Crippen LogP contribution in [0.5, 0.6) is 5.75 Å². The molecule has 16 amide bonds. The molecule has 15 atom stereocenters. The Labute approximate surface area is 736 Å². The number of phenolic OH excluding ortho intramolecular Hbond substituents is 1. The number of nitrogens with two attached hydrogens (primary N) is 4. The van der Waals surface area contributed by atoms with E-state index in [4.69, 9.17) is 22.9 Å². The number of carbonyl (C=O) groups excluding carboxylic acids is 17. The maximum absolute atomic E-state index is 15.2. The number of fused-ring (bicyclic) bond motifs is 2. The van der Waals surface area contributed by atoms with E-state index in [1.807, 2.05) is 50.2 Å². The summed E-state index contributed by atoms with van der Waals surface area (Å²) in [7, 11) is 3.94. The number of Topliss-reactive ketones (excluding diaryl/α,β-unsaturated/α-hetero) is 1. The summed E-state index contributed by atoms with van der Waals surface area (Å²) >= 11 is 0.761. The number of benzene rings is 3. The van der Waals surface area contributed by atoms with Crippen LogP contribution in [0.25, 0.3) is 21.8 Å². The lowest BCUT2D eigenvalue weighted by atomic mass is 10.00. The van der Waals surface area contributed by atoms with Gasteiger partial charge in [-0.15, -0.1) is 11.8 Å². The number of hydrogen-bond donors (Lipinski definition) is 19. The Morgan fingerprint density at radius 1 is 0.567 bits per heavy atom. The lowest BCUT2D eigenvalue weighted by molar-refractivity contribution is -0.149. The van der Waals surface area contributed by atoms with E-state index in [9.17, 15) is 97.1 Å². The molecule has 23 N–H and O–H groups in total. The summed E-state index contributed by atoms with van der Waals surface area (Å²) in [4.78, 5) is 260. The fourth-order valence-electron chi connectivity index (χ4n) is 15.0. The first-order chi connectivity index (χ1) is 60.2. The fourth-order valence-corrected chi connectivity index (χ4v) is 15.8. The number of nitrogens with zero attached hydrogens (tertiary/aromatic N) is 5. The Bertz CT molecular complexity index is 4800. The van der Waals surface area contributed by atoms with Gasteiger partial charge in [-0.2, -0.15) is 0 Å². The number of amides is 16. The largest absolute Gasteiger partial charge is 0.508 e. The highest BCUT2D eigenvalue weighted by molar-refractivity contribution is 8.00. The minimum Gasteiger partial charge on any atom is -0.508 e. The summed E-state index contributed by atoms with van der Waals surface area (Å²) in [5.41, 5.74) is 26.5. The molecule has 4 heterocycles. The van der Waals surface area contributed by atoms with E-state index in [-0.39, 0.29) is 70.2 Å². The van der Waals surface area contributed by atoms with Gasteiger partial charge >= 0.3 is 5.97 Å². The van der Waals surface area contributed by atoms with E-state index in [1.54, 1.807) is 24.5 Å². The second-order valence-electron chi connectivity index (χ2n) is 31.7. The van der Waals surface area contributed by atoms with Crippen LogP contribution in [0.4, 0.5) is 0 Å². The molecule has 127 heavy (non-hydrogen) atoms. The highest BCUT2D eigenvalue weighted by atomic mass is 32.2. The number of unbranched alkanes of at least 4 members (excludes halogenated alkanes) is 2. The number of carbonyl (C=O) groups is 18. The number of para-hydroxylation sites is 2. The van der Waals surface area contributed by atoms with Crippen LogP contribution in [0.3, 0.4) is 0 Å². The third-order valence-corrected chi connectivity index (χ3v) is 23.3. The van der Waals surface area contributed by atoms with Gasteiger partial charge in [0.2, 0.25) is 94.5 Å². The monoisotopic (exact) mass is 1790 g/mol. The average molecular weight is 1790 g/mol. The Morgan fingerprint density at radius 2 is 1.10 bits per heavy atom. The molecule has 43 heteroatoms. The van der Waals surface area contributed by atoms with Crippen molar-refractivity contribution >= 4 is 140 Å². The van der Waals surface area contributed by atoms with Crippen LogP contribution >= 0.6 is 11.8 Å². The molecule has 0 bridgehead atoms. The molecule has 0 radical (unpaired) electrons. The molecular weight excluding hydrogens is 1670 g/mol. The first-order valence-corrected chi connectivity index (χ1v) is 43.0. The van der Waals surface area contributed by atoms with Crippen LogP contribution in [0.2, 0.25) is 0 Å². The zero-order valence-corrected chi connectivity index (χ0v) is 73.0. The van der Waals surface area contributed by atoms with Gasteiger partial charge in [0.05, 0.1) is 49.9 Å². The zero-order chi connectivity index (χ0) is 93.8. The van der Waals surface area contributed by atoms with Crippen LogP contribution in [0.15, 0.2) is 85.2 Å². The van der Waals surface area contributed by atoms with E-state index in [2.05, 4.69) is 57.8 Å². The maximum Gasteiger partial charge on any atom is 0.305 e. The number of primary amides is 2. The van der Waals surface area contributed by atoms with Crippen LogP contribution in [0, 0.1) is 0 Å². The van der Waals surface area contributed by atoms with Crippen molar-refractivity contribution in [2.45, 2.75) is 215 Å². The molecule has 0 unspecified atom stereocenters. The minimum absolute atomic E-state index is 0.0273. The second kappa shape index (κ2) is 48.2. The molecule has 2 aromatic heterocycles. The SMILES string of the molecule is CCCC[C@@H](C(=O)N(C)[C@@H](CCCC)C(=O)N[C@@H](C)C(=O)N[C@@H](CSCC(=O)N[C@@H](Cc1ccc(O)cc1)C(=O)N(C)[C@@H](C)C(=O)N[C@@H](CC(N)=O)C(=O)N1CCC[C@H]1C(=O)N[C@@H](CN)C(=O)N[C@@H](CC(=O)O)C(=O)N1C[C@H](O)C[C@H]1C(C)=O)C(=O)NCC(N)=O)N(C)C(=O)[C@H](Cc1c[nH]c2ccccc12)NC(=O)[C@H](CO)NC(=O)[C@@H](N)Cc1c[nH]c2ccccc12. The van der Waals surface area contributed by atoms with Crippen molar-refractivity contribution in [1.82, 2.24) is 82.3 Å². The van der Waals surface area contributed by atoms with Gasteiger partial charge < -0.3 is 126 Å². The van der Waals surface area contributed by atoms with Crippen LogP contribution in [0.1, 0.15) is 122 Å². The summed E-state index contributed by atoms with van der Waals surface area (Å²) in [6.45, 7) is 4.74. The van der Waals surface area contributed by atoms with Gasteiger partial charge in [-0.25, -0.2) is 0 Å². The Hall–Kier alpha value is -12.6. The minimum atomic E-state index is -1.79. The van der Waals surface area contributed by atoms with Crippen molar-refractivity contribution in [3.05, 3.63) is 102 Å². The number of thioether (sulfide) groups is 1. The first-order valence-electron chi connectivity index (χ1n) is 41.8. The number of hydrogen-bond acceptors (Lipinski definition) is 24. The standard InChI is InChI=1S/C84H118N20O22S/c1-9-11-22-64(101(7)84(126)66(23-12-10-2)102(8)81(123)58(32-49-38-90-56-21-16-14-19-53(49)56)95-77(119)62(41-105)98-74(116)54(86)31-48-37-89-55-20-15-13-18-52(48)55)78(120)92-44(3)72(114)99-63(75(117)91-39-69(88)110)42-127-43-70(111)93-57(30-47-25-27-50(107)28-26-47)80(122)100(6)45(4)73(115)94-59(34-68(87)109)82(124)103-29-17-24-65(103)79(121)97-61(36-85)76(118)96-60(35-71(112)113)83(125)104-40-51(108)33-67(104)46(5)106/h13-16,18-21,25-28,37-38,44-45,51,54,57-67,89-90,105,107-108H,9-12,17,22-24,29-36,39-43,85-86H2,1-8H3,(H2,87,109)(H2,88,110)(H,91,117)(H,92,120)(H,93,111)(H,94,115)(H,95,119)(H,96,118)(H,97,121)(H,98,116)(H,99,114)(H,112,113)/t44-,45-,51+,54-,57-,58-,59-,60-,61-,62-,63-,64-,65-,66-,67-/m0/s1. The van der Waals surface area contributed by atoms with E-state index >= 15 is 9.59 Å². The number of aromatic amines is 2. The third-order valence-electron chi connectivity index (χ3n) is 22.3. The van der Waals surface area contributed by atoms with Gasteiger partial charge in [-0.3, -0.25) is 86.3 Å². The van der Waals surface area contributed by atoms with Gasteiger partial charge in [0, 0.05) is 100.0 Å². The summed E-state index contributed by atoms with van der Waals surface area (Å²) in [6, 6.07) is -0.376. The Morgan fingerprint density at radius 3 is 1.69 bits per heavy atom. The summed E-state index contributed by atoms with van der Waals surface area (Å²) < 4.78 is 0. The molecule has 2 aliphatic heterocycles.